The second kappa shape index (κ2) is 7.22. The number of thioether (sulfide) groups is 1. The van der Waals surface area contributed by atoms with E-state index in [4.69, 9.17) is 17.3 Å². The third-order valence-electron chi connectivity index (χ3n) is 2.59. The van der Waals surface area contributed by atoms with E-state index in [-0.39, 0.29) is 0 Å². The lowest BCUT2D eigenvalue weighted by Crippen LogP contribution is -2.07. The van der Waals surface area contributed by atoms with E-state index in [1.807, 2.05) is 54.6 Å². The van der Waals surface area contributed by atoms with Gasteiger partial charge < -0.3 is 5.73 Å². The lowest BCUT2D eigenvalue weighted by molar-refractivity contribution is 1.07. The van der Waals surface area contributed by atoms with Gasteiger partial charge in [0.05, 0.1) is 6.54 Å². The molecule has 0 amide bonds. The number of hydrogen-bond donors (Lipinski definition) is 1. The first-order valence-electron chi connectivity index (χ1n) is 5.96. The van der Waals surface area contributed by atoms with E-state index >= 15 is 0 Å². The van der Waals surface area contributed by atoms with Crippen molar-refractivity contribution in [1.29, 1.82) is 0 Å². The Bertz CT molecular complexity index is 555. The predicted octanol–water partition coefficient (Wildman–Crippen LogP) is 4.09. The highest BCUT2D eigenvalue weighted by Gasteiger charge is 2.01. The second-order valence-electron chi connectivity index (χ2n) is 4.02. The van der Waals surface area contributed by atoms with Crippen molar-refractivity contribution in [2.24, 2.45) is 10.7 Å². The van der Waals surface area contributed by atoms with E-state index in [9.17, 15) is 0 Å². The van der Waals surface area contributed by atoms with Gasteiger partial charge in [0.2, 0.25) is 0 Å². The van der Waals surface area contributed by atoms with E-state index in [1.165, 1.54) is 11.8 Å². The van der Waals surface area contributed by atoms with Gasteiger partial charge in [-0.1, -0.05) is 71.9 Å². The molecule has 19 heavy (non-hydrogen) atoms. The van der Waals surface area contributed by atoms with E-state index < -0.39 is 0 Å². The molecule has 2 aromatic rings. The van der Waals surface area contributed by atoms with Crippen LogP contribution in [0.25, 0.3) is 0 Å². The van der Waals surface area contributed by atoms with E-state index in [2.05, 4.69) is 4.99 Å². The molecule has 0 bridgehead atoms. The van der Waals surface area contributed by atoms with Gasteiger partial charge in [-0.25, -0.2) is 0 Å². The van der Waals surface area contributed by atoms with Crippen LogP contribution in [-0.4, -0.2) is 5.17 Å². The molecule has 0 unspecified atom stereocenters. The minimum Gasteiger partial charge on any atom is -0.379 e. The summed E-state index contributed by atoms with van der Waals surface area (Å²) in [5.74, 6) is 0.740. The highest BCUT2D eigenvalue weighted by atomic mass is 35.5. The number of rotatable bonds is 4. The Balaban J connectivity index is 1.88. The van der Waals surface area contributed by atoms with Crippen molar-refractivity contribution in [3.05, 3.63) is 70.7 Å². The maximum absolute atomic E-state index is 6.09. The van der Waals surface area contributed by atoms with Gasteiger partial charge >= 0.3 is 0 Å². The first-order valence-corrected chi connectivity index (χ1v) is 7.32. The number of nitrogens with zero attached hydrogens (tertiary/aromatic N) is 1. The number of halogens is 1. The van der Waals surface area contributed by atoms with Crippen molar-refractivity contribution in [1.82, 2.24) is 0 Å². The zero-order chi connectivity index (χ0) is 13.5. The Kier molecular flexibility index (Phi) is 5.31. The highest BCUT2D eigenvalue weighted by Crippen LogP contribution is 2.20. The van der Waals surface area contributed by atoms with Gasteiger partial charge in [0.15, 0.2) is 5.17 Å². The highest BCUT2D eigenvalue weighted by molar-refractivity contribution is 8.13. The van der Waals surface area contributed by atoms with Crippen LogP contribution in [0.5, 0.6) is 0 Å². The molecular weight excluding hydrogens is 276 g/mol. The maximum atomic E-state index is 6.09. The summed E-state index contributed by atoms with van der Waals surface area (Å²) in [6, 6.07) is 17.8. The Morgan fingerprint density at radius 2 is 1.74 bits per heavy atom. The summed E-state index contributed by atoms with van der Waals surface area (Å²) in [4.78, 5) is 4.35. The fourth-order valence-corrected chi connectivity index (χ4v) is 2.56. The molecule has 0 aliphatic rings. The van der Waals surface area contributed by atoms with Gasteiger partial charge in [-0.2, -0.15) is 0 Å². The van der Waals surface area contributed by atoms with E-state index in [0.29, 0.717) is 11.7 Å². The van der Waals surface area contributed by atoms with Gasteiger partial charge in [0.1, 0.15) is 0 Å². The maximum Gasteiger partial charge on any atom is 0.154 e. The Hall–Kier alpha value is -1.45. The smallest absolute Gasteiger partial charge is 0.154 e. The van der Waals surface area contributed by atoms with Crippen molar-refractivity contribution < 1.29 is 0 Å². The summed E-state index contributed by atoms with van der Waals surface area (Å²) in [5.41, 5.74) is 8.12. The van der Waals surface area contributed by atoms with Gasteiger partial charge in [-0.15, -0.1) is 0 Å². The molecule has 0 spiro atoms. The van der Waals surface area contributed by atoms with E-state index in [0.717, 1.165) is 21.9 Å². The van der Waals surface area contributed by atoms with Crippen LogP contribution in [0.4, 0.5) is 0 Å². The van der Waals surface area contributed by atoms with Crippen LogP contribution < -0.4 is 5.73 Å². The minimum atomic E-state index is 0.587. The monoisotopic (exact) mass is 290 g/mol. The molecular formula is C15H15ClN2S. The Labute approximate surface area is 122 Å². The third kappa shape index (κ3) is 4.62. The van der Waals surface area contributed by atoms with Crippen LogP contribution in [0.1, 0.15) is 11.1 Å². The van der Waals surface area contributed by atoms with Gasteiger partial charge in [-0.3, -0.25) is 4.99 Å². The molecule has 0 saturated carbocycles. The molecule has 0 heterocycles. The molecule has 2 aromatic carbocycles. The molecule has 2 rings (SSSR count). The van der Waals surface area contributed by atoms with Crippen LogP contribution in [0.2, 0.25) is 5.02 Å². The Morgan fingerprint density at radius 1 is 1.05 bits per heavy atom. The molecule has 0 aliphatic carbocycles. The summed E-state index contributed by atoms with van der Waals surface area (Å²) in [6.07, 6.45) is 0. The minimum absolute atomic E-state index is 0.587. The van der Waals surface area contributed by atoms with Crippen LogP contribution in [0.15, 0.2) is 59.6 Å². The molecule has 0 atom stereocenters. The predicted molar refractivity (Wildman–Crippen MR) is 84.5 cm³/mol. The fraction of sp³-hybridized carbons (Fsp3) is 0.133. The molecule has 0 radical (unpaired) electrons. The summed E-state index contributed by atoms with van der Waals surface area (Å²) in [6.45, 7) is 0.613. The molecule has 0 aliphatic heterocycles. The molecule has 0 fully saturated rings. The average Bonchev–Trinajstić information content (AvgIpc) is 2.45. The molecule has 2 N–H and O–H groups in total. The number of hydrogen-bond acceptors (Lipinski definition) is 2. The summed E-state index contributed by atoms with van der Waals surface area (Å²) < 4.78 is 0. The molecule has 0 saturated heterocycles. The zero-order valence-electron chi connectivity index (χ0n) is 10.4. The van der Waals surface area contributed by atoms with Crippen molar-refractivity contribution in [2.75, 3.05) is 0 Å². The van der Waals surface area contributed by atoms with Gasteiger partial charge in [0, 0.05) is 10.8 Å². The summed E-state index contributed by atoms with van der Waals surface area (Å²) in [7, 11) is 0. The first kappa shape index (κ1) is 14.0. The average molecular weight is 291 g/mol. The first-order chi connectivity index (χ1) is 9.25. The van der Waals surface area contributed by atoms with Crippen LogP contribution in [0.3, 0.4) is 0 Å². The van der Waals surface area contributed by atoms with E-state index in [1.54, 1.807) is 0 Å². The number of amidine groups is 1. The normalized spacial score (nSPS) is 11.5. The second-order valence-corrected chi connectivity index (χ2v) is 5.42. The lowest BCUT2D eigenvalue weighted by atomic mass is 10.2. The largest absolute Gasteiger partial charge is 0.379 e. The number of benzene rings is 2. The van der Waals surface area contributed by atoms with Crippen molar-refractivity contribution in [2.45, 2.75) is 12.3 Å². The summed E-state index contributed by atoms with van der Waals surface area (Å²) >= 11 is 7.59. The van der Waals surface area contributed by atoms with Crippen LogP contribution >= 0.6 is 23.4 Å². The molecule has 98 valence electrons. The number of nitrogens with two attached hydrogens (primary N) is 1. The van der Waals surface area contributed by atoms with Crippen molar-refractivity contribution >= 4 is 28.5 Å². The quantitative estimate of drug-likeness (QED) is 0.680. The lowest BCUT2D eigenvalue weighted by Gasteiger charge is -2.03. The fourth-order valence-electron chi connectivity index (χ4n) is 1.57. The van der Waals surface area contributed by atoms with Crippen molar-refractivity contribution in [3.8, 4) is 0 Å². The van der Waals surface area contributed by atoms with Gasteiger partial charge in [-0.05, 0) is 17.2 Å². The molecule has 2 nitrogen and oxygen atoms in total. The SMILES string of the molecule is NC(=NCc1ccccc1)SCc1ccccc1Cl. The Morgan fingerprint density at radius 3 is 2.47 bits per heavy atom. The molecule has 0 aromatic heterocycles. The van der Waals surface area contributed by atoms with Crippen LogP contribution in [-0.2, 0) is 12.3 Å². The standard InChI is InChI=1S/C15H15ClN2S/c16-14-9-5-4-8-13(14)11-19-15(17)18-10-12-6-2-1-3-7-12/h1-9H,10-11H2,(H2,17,18). The summed E-state index contributed by atoms with van der Waals surface area (Å²) in [5, 5.41) is 1.36. The topological polar surface area (TPSA) is 38.4 Å². The number of aliphatic imine (C=N–C) groups is 1. The van der Waals surface area contributed by atoms with Gasteiger partial charge in [0.25, 0.3) is 0 Å². The van der Waals surface area contributed by atoms with Crippen molar-refractivity contribution in [3.63, 3.8) is 0 Å². The zero-order valence-corrected chi connectivity index (χ0v) is 12.0. The van der Waals surface area contributed by atoms with Crippen LogP contribution in [0, 0.1) is 0 Å². The third-order valence-corrected chi connectivity index (χ3v) is 3.84. The molecule has 4 heteroatoms.